The van der Waals surface area contributed by atoms with Crippen LogP contribution in [0.1, 0.15) is 53.5 Å². The van der Waals surface area contributed by atoms with Gasteiger partial charge in [-0.2, -0.15) is 0 Å². The van der Waals surface area contributed by atoms with Crippen molar-refractivity contribution in [2.45, 2.75) is 42.9 Å². The van der Waals surface area contributed by atoms with Crippen molar-refractivity contribution in [3.05, 3.63) is 143 Å². The van der Waals surface area contributed by atoms with Gasteiger partial charge in [0, 0.05) is 6.54 Å². The average molecular weight is 515 g/mol. The molecule has 2 aliphatic rings. The number of aryl methyl sites for hydroxylation is 1. The molecule has 4 aromatic rings. The lowest BCUT2D eigenvalue weighted by Gasteiger charge is -2.40. The molecule has 3 nitrogen and oxygen atoms in total. The Morgan fingerprint density at radius 3 is 1.77 bits per heavy atom. The number of nitrogens with zero attached hydrogens (tertiary/aromatic N) is 1. The molecular formula is C36H38N2O. The van der Waals surface area contributed by atoms with E-state index in [2.05, 4.69) is 70.9 Å². The van der Waals surface area contributed by atoms with Crippen molar-refractivity contribution in [2.24, 2.45) is 0 Å². The minimum absolute atomic E-state index is 0.0336. The van der Waals surface area contributed by atoms with E-state index in [1.54, 1.807) is 11.1 Å². The summed E-state index contributed by atoms with van der Waals surface area (Å²) >= 11 is 0. The second kappa shape index (κ2) is 11.2. The van der Waals surface area contributed by atoms with Gasteiger partial charge in [-0.1, -0.05) is 115 Å². The lowest BCUT2D eigenvalue weighted by molar-refractivity contribution is -0.124. The van der Waals surface area contributed by atoms with E-state index in [0.717, 1.165) is 42.7 Å². The fraction of sp³-hybridized carbons (Fsp3) is 0.306. The molecule has 0 unspecified atom stereocenters. The third kappa shape index (κ3) is 4.81. The lowest BCUT2D eigenvalue weighted by atomic mass is 9.68. The van der Waals surface area contributed by atoms with Crippen LogP contribution in [0.3, 0.4) is 0 Å². The molecule has 0 atom stereocenters. The molecule has 4 aromatic carbocycles. The van der Waals surface area contributed by atoms with Gasteiger partial charge in [0.2, 0.25) is 5.91 Å². The third-order valence-electron chi connectivity index (χ3n) is 9.17. The van der Waals surface area contributed by atoms with Crippen molar-refractivity contribution in [3.63, 3.8) is 0 Å². The van der Waals surface area contributed by atoms with Crippen molar-refractivity contribution in [1.29, 1.82) is 0 Å². The highest BCUT2D eigenvalue weighted by Gasteiger charge is 2.44. The van der Waals surface area contributed by atoms with Gasteiger partial charge in [0.1, 0.15) is 5.41 Å². The van der Waals surface area contributed by atoms with E-state index in [1.165, 1.54) is 25.7 Å². The van der Waals surface area contributed by atoms with Crippen molar-refractivity contribution in [3.8, 4) is 0 Å². The highest BCUT2D eigenvalue weighted by atomic mass is 16.2. The zero-order chi connectivity index (χ0) is 26.5. The summed E-state index contributed by atoms with van der Waals surface area (Å²) in [4.78, 5) is 16.9. The van der Waals surface area contributed by atoms with Gasteiger partial charge in [-0.05, 0) is 85.0 Å². The second-order valence-corrected chi connectivity index (χ2v) is 11.2. The monoisotopic (exact) mass is 514 g/mol. The Morgan fingerprint density at radius 1 is 0.692 bits per heavy atom. The molecule has 0 radical (unpaired) electrons. The maximum absolute atomic E-state index is 14.3. The van der Waals surface area contributed by atoms with Crippen LogP contribution in [0.25, 0.3) is 0 Å². The van der Waals surface area contributed by atoms with Crippen molar-refractivity contribution in [2.75, 3.05) is 26.2 Å². The zero-order valence-corrected chi connectivity index (χ0v) is 22.7. The van der Waals surface area contributed by atoms with Crippen molar-refractivity contribution in [1.82, 2.24) is 10.2 Å². The fourth-order valence-electron chi connectivity index (χ4n) is 7.08. The van der Waals surface area contributed by atoms with Crippen LogP contribution >= 0.6 is 0 Å². The molecule has 1 spiro atoms. The maximum Gasteiger partial charge on any atom is 0.239 e. The Morgan fingerprint density at radius 2 is 1.21 bits per heavy atom. The molecule has 1 saturated heterocycles. The first-order valence-corrected chi connectivity index (χ1v) is 14.5. The van der Waals surface area contributed by atoms with E-state index in [9.17, 15) is 4.79 Å². The van der Waals surface area contributed by atoms with E-state index < -0.39 is 5.41 Å². The fourth-order valence-corrected chi connectivity index (χ4v) is 7.08. The minimum atomic E-state index is -0.906. The van der Waals surface area contributed by atoms with E-state index in [-0.39, 0.29) is 5.91 Å². The minimum Gasteiger partial charge on any atom is -0.355 e. The molecule has 6 rings (SSSR count). The molecule has 198 valence electrons. The van der Waals surface area contributed by atoms with Gasteiger partial charge < -0.3 is 10.2 Å². The van der Waals surface area contributed by atoms with Crippen molar-refractivity contribution < 1.29 is 4.79 Å². The van der Waals surface area contributed by atoms with Gasteiger partial charge in [-0.3, -0.25) is 4.79 Å². The first-order valence-electron chi connectivity index (χ1n) is 14.5. The average Bonchev–Trinajstić information content (AvgIpc) is 3.36. The predicted molar refractivity (Wildman–Crippen MR) is 159 cm³/mol. The van der Waals surface area contributed by atoms with Crippen LogP contribution in [0.5, 0.6) is 0 Å². The smallest absolute Gasteiger partial charge is 0.239 e. The van der Waals surface area contributed by atoms with Crippen LogP contribution in [-0.2, 0) is 22.0 Å². The Bertz CT molecular complexity index is 1280. The van der Waals surface area contributed by atoms with Crippen LogP contribution < -0.4 is 5.32 Å². The number of piperidine rings is 1. The number of fused-ring (bicyclic) bond motifs is 2. The summed E-state index contributed by atoms with van der Waals surface area (Å²) in [5, 5.41) is 3.35. The Kier molecular flexibility index (Phi) is 7.34. The largest absolute Gasteiger partial charge is 0.355 e. The van der Waals surface area contributed by atoms with Crippen LogP contribution in [-0.4, -0.2) is 37.0 Å². The molecular weight excluding hydrogens is 476 g/mol. The number of carbonyl (C=O) groups is 1. The van der Waals surface area contributed by atoms with Gasteiger partial charge in [0.25, 0.3) is 0 Å². The number of likely N-dealkylation sites (tertiary alicyclic amines) is 1. The maximum atomic E-state index is 14.3. The van der Waals surface area contributed by atoms with E-state index >= 15 is 0 Å². The summed E-state index contributed by atoms with van der Waals surface area (Å²) in [6.07, 6.45) is 5.97. The molecule has 39 heavy (non-hydrogen) atoms. The number of hydrogen-bond donors (Lipinski definition) is 1. The predicted octanol–water partition coefficient (Wildman–Crippen LogP) is 6.51. The topological polar surface area (TPSA) is 32.3 Å². The third-order valence-corrected chi connectivity index (χ3v) is 9.17. The van der Waals surface area contributed by atoms with Crippen molar-refractivity contribution >= 4 is 5.91 Å². The number of amides is 1. The first kappa shape index (κ1) is 25.6. The first-order chi connectivity index (χ1) is 19.2. The molecule has 0 aromatic heterocycles. The summed E-state index contributed by atoms with van der Waals surface area (Å²) in [6, 6.07) is 39.7. The normalized spacial score (nSPS) is 16.6. The second-order valence-electron chi connectivity index (χ2n) is 11.2. The molecule has 1 aliphatic carbocycles. The lowest BCUT2D eigenvalue weighted by Crippen LogP contribution is -2.47. The summed E-state index contributed by atoms with van der Waals surface area (Å²) in [7, 11) is 0. The quantitative estimate of drug-likeness (QED) is 0.215. The van der Waals surface area contributed by atoms with Crippen LogP contribution in [0, 0.1) is 0 Å². The zero-order valence-electron chi connectivity index (χ0n) is 22.7. The summed E-state index contributed by atoms with van der Waals surface area (Å²) in [5.41, 5.74) is 5.61. The molecule has 3 heteroatoms. The van der Waals surface area contributed by atoms with E-state index in [4.69, 9.17) is 0 Å². The number of carbonyl (C=O) groups excluding carboxylic acids is 1. The molecule has 1 fully saturated rings. The van der Waals surface area contributed by atoms with E-state index in [1.807, 2.05) is 54.6 Å². The van der Waals surface area contributed by atoms with Gasteiger partial charge in [-0.25, -0.2) is 0 Å². The number of hydrogen-bond acceptors (Lipinski definition) is 2. The SMILES string of the molecule is O=C(NCCCN1CCC2(CCc3ccccc32)CC1)C(c1ccccc1)(c1ccccc1)c1ccccc1. The van der Waals surface area contributed by atoms with Gasteiger partial charge in [0.05, 0.1) is 0 Å². The summed E-state index contributed by atoms with van der Waals surface area (Å²) in [6.45, 7) is 3.97. The van der Waals surface area contributed by atoms with Crippen LogP contribution in [0.15, 0.2) is 115 Å². The Labute approximate surface area is 232 Å². The Balaban J connectivity index is 1.14. The molecule has 1 aliphatic heterocycles. The number of nitrogens with one attached hydrogen (secondary N) is 1. The van der Waals surface area contributed by atoms with E-state index in [0.29, 0.717) is 12.0 Å². The highest BCUT2D eigenvalue weighted by molar-refractivity contribution is 5.96. The molecule has 1 N–H and O–H groups in total. The van der Waals surface area contributed by atoms with Crippen LogP contribution in [0.2, 0.25) is 0 Å². The van der Waals surface area contributed by atoms with Gasteiger partial charge in [-0.15, -0.1) is 0 Å². The number of benzene rings is 4. The van der Waals surface area contributed by atoms with Gasteiger partial charge in [0.15, 0.2) is 0 Å². The Hall–Kier alpha value is -3.69. The standard InChI is InChI=1S/C36H38N2O/c39-34(37-25-12-26-38-27-23-35(24-28-38)22-21-29-13-10-11-20-33(29)35)36(30-14-4-1-5-15-30,31-16-6-2-7-17-31)32-18-8-3-9-19-32/h1-11,13-20H,12,21-28H2,(H,37,39). The highest BCUT2D eigenvalue weighted by Crippen LogP contribution is 2.46. The van der Waals surface area contributed by atoms with Crippen LogP contribution in [0.4, 0.5) is 0 Å². The molecule has 1 amide bonds. The van der Waals surface area contributed by atoms with Gasteiger partial charge >= 0.3 is 0 Å². The summed E-state index contributed by atoms with van der Waals surface area (Å²) in [5.74, 6) is 0.0336. The number of rotatable bonds is 8. The molecule has 1 heterocycles. The molecule has 0 bridgehead atoms. The molecule has 0 saturated carbocycles. The summed E-state index contributed by atoms with van der Waals surface area (Å²) < 4.78 is 0.